The molecule has 132 valence electrons. The number of amides is 2. The fourth-order valence-corrected chi connectivity index (χ4v) is 2.68. The van der Waals surface area contributed by atoms with Crippen molar-refractivity contribution < 1.29 is 19.4 Å². The number of carbonyl (C=O) groups excluding carboxylic acids is 1. The Morgan fingerprint density at radius 2 is 1.92 bits per heavy atom. The number of hydrogen-bond donors (Lipinski definition) is 3. The van der Waals surface area contributed by atoms with Crippen LogP contribution in [0.2, 0.25) is 0 Å². The molecule has 3 rings (SSSR count). The molecule has 3 N–H and O–H groups in total. The number of likely N-dealkylation sites (tertiary alicyclic amines) is 1. The molecule has 0 spiro atoms. The van der Waals surface area contributed by atoms with Gasteiger partial charge in [-0.25, -0.2) is 9.18 Å². The van der Waals surface area contributed by atoms with Crippen LogP contribution in [0.5, 0.6) is 0 Å². The van der Waals surface area contributed by atoms with Crippen molar-refractivity contribution in [2.45, 2.75) is 18.4 Å². The average molecular weight is 346 g/mol. The monoisotopic (exact) mass is 346 g/mol. The van der Waals surface area contributed by atoms with Crippen molar-refractivity contribution in [2.24, 2.45) is 0 Å². The molecule has 8 heteroatoms. The maximum atomic E-state index is 13.7. The lowest BCUT2D eigenvalue weighted by Crippen LogP contribution is -2.49. The minimum atomic E-state index is -1.11. The van der Waals surface area contributed by atoms with Crippen LogP contribution in [0.4, 0.5) is 15.0 Å². The number of anilines is 1. The molecular formula is C17H19FN4O3. The van der Waals surface area contributed by atoms with Gasteiger partial charge in [-0.1, -0.05) is 12.1 Å². The number of urea groups is 1. The van der Waals surface area contributed by atoms with Gasteiger partial charge < -0.3 is 15.1 Å². The topological polar surface area (TPSA) is 98.6 Å². The van der Waals surface area contributed by atoms with Gasteiger partial charge in [0, 0.05) is 18.7 Å². The Morgan fingerprint density at radius 3 is 2.52 bits per heavy atom. The van der Waals surface area contributed by atoms with E-state index in [1.807, 2.05) is 0 Å². The highest BCUT2D eigenvalue weighted by Gasteiger charge is 2.33. The Balaban J connectivity index is 1.62. The van der Waals surface area contributed by atoms with Gasteiger partial charge in [0.25, 0.3) is 0 Å². The standard InChI is InChI=1S/C17H19FN4O3/c18-13-4-2-1-3-12(13)14-5-6-15(21-20-14)19-16(24)22-9-7-17(25,11-23)8-10-22/h1-6,23,25H,7-11H2,(H,19,21,24). The number of nitrogens with zero attached hydrogens (tertiary/aromatic N) is 3. The lowest BCUT2D eigenvalue weighted by atomic mass is 9.93. The summed E-state index contributed by atoms with van der Waals surface area (Å²) in [5, 5.41) is 29.6. The number of aliphatic hydroxyl groups excluding tert-OH is 1. The summed E-state index contributed by atoms with van der Waals surface area (Å²) in [5.41, 5.74) is -0.396. The Morgan fingerprint density at radius 1 is 1.20 bits per heavy atom. The average Bonchev–Trinajstić information content (AvgIpc) is 2.63. The number of nitrogens with one attached hydrogen (secondary N) is 1. The van der Waals surface area contributed by atoms with Crippen LogP contribution in [0.1, 0.15) is 12.8 Å². The third-order valence-corrected chi connectivity index (χ3v) is 4.33. The van der Waals surface area contributed by atoms with E-state index in [1.54, 1.807) is 30.3 Å². The predicted octanol–water partition coefficient (Wildman–Crippen LogP) is 1.63. The van der Waals surface area contributed by atoms with E-state index in [4.69, 9.17) is 5.11 Å². The van der Waals surface area contributed by atoms with Crippen LogP contribution in [-0.2, 0) is 0 Å². The van der Waals surface area contributed by atoms with Crippen molar-refractivity contribution >= 4 is 11.8 Å². The summed E-state index contributed by atoms with van der Waals surface area (Å²) in [6.07, 6.45) is 0.629. The lowest BCUT2D eigenvalue weighted by Gasteiger charge is -2.36. The summed E-state index contributed by atoms with van der Waals surface area (Å²) >= 11 is 0. The molecule has 1 aliphatic heterocycles. The lowest BCUT2D eigenvalue weighted by molar-refractivity contribution is -0.0519. The highest BCUT2D eigenvalue weighted by molar-refractivity contribution is 5.88. The quantitative estimate of drug-likeness (QED) is 0.785. The number of halogens is 1. The first-order valence-electron chi connectivity index (χ1n) is 7.98. The Hall–Kier alpha value is -2.58. The molecule has 0 atom stereocenters. The minimum Gasteiger partial charge on any atom is -0.393 e. The number of carbonyl (C=O) groups is 1. The highest BCUT2D eigenvalue weighted by Crippen LogP contribution is 2.23. The molecule has 0 saturated carbocycles. The van der Waals surface area contributed by atoms with E-state index in [0.717, 1.165) is 0 Å². The van der Waals surface area contributed by atoms with Gasteiger partial charge >= 0.3 is 6.03 Å². The van der Waals surface area contributed by atoms with Crippen LogP contribution in [0.25, 0.3) is 11.3 Å². The van der Waals surface area contributed by atoms with Gasteiger partial charge in [0.05, 0.1) is 17.9 Å². The molecule has 1 aromatic carbocycles. The van der Waals surface area contributed by atoms with Crippen LogP contribution in [-0.4, -0.2) is 56.6 Å². The second-order valence-electron chi connectivity index (χ2n) is 6.08. The molecule has 1 aromatic heterocycles. The molecule has 0 aliphatic carbocycles. The summed E-state index contributed by atoms with van der Waals surface area (Å²) in [6.45, 7) is 0.360. The molecule has 1 aliphatic rings. The van der Waals surface area contributed by atoms with E-state index >= 15 is 0 Å². The third kappa shape index (κ3) is 3.92. The summed E-state index contributed by atoms with van der Waals surface area (Å²) in [4.78, 5) is 13.8. The molecular weight excluding hydrogens is 327 g/mol. The normalized spacial score (nSPS) is 16.5. The Bertz CT molecular complexity index is 746. The largest absolute Gasteiger partial charge is 0.393 e. The first-order chi connectivity index (χ1) is 12.0. The molecule has 2 amide bonds. The van der Waals surface area contributed by atoms with Gasteiger partial charge in [-0.05, 0) is 37.1 Å². The van der Waals surface area contributed by atoms with Crippen LogP contribution in [0.3, 0.4) is 0 Å². The summed E-state index contributed by atoms with van der Waals surface area (Å²) in [5.74, 6) is -0.133. The second-order valence-corrected chi connectivity index (χ2v) is 6.08. The SMILES string of the molecule is O=C(Nc1ccc(-c2ccccc2F)nn1)N1CCC(O)(CO)CC1. The Labute approximate surface area is 144 Å². The molecule has 7 nitrogen and oxygen atoms in total. The van der Waals surface area contributed by atoms with E-state index in [2.05, 4.69) is 15.5 Å². The third-order valence-electron chi connectivity index (χ3n) is 4.33. The van der Waals surface area contributed by atoms with Gasteiger partial charge in [-0.3, -0.25) is 5.32 Å². The van der Waals surface area contributed by atoms with Gasteiger partial charge in [0.2, 0.25) is 0 Å². The number of rotatable bonds is 3. The molecule has 2 aromatic rings. The second kappa shape index (κ2) is 7.12. The van der Waals surface area contributed by atoms with Crippen LogP contribution in [0, 0.1) is 5.82 Å². The number of piperidine rings is 1. The van der Waals surface area contributed by atoms with Gasteiger partial charge in [0.15, 0.2) is 5.82 Å². The molecule has 1 saturated heterocycles. The van der Waals surface area contributed by atoms with Crippen molar-refractivity contribution in [3.63, 3.8) is 0 Å². The number of aliphatic hydroxyl groups is 2. The summed E-state index contributed by atoms with van der Waals surface area (Å²) < 4.78 is 13.7. The minimum absolute atomic E-state index is 0.257. The van der Waals surface area contributed by atoms with Crippen LogP contribution in [0.15, 0.2) is 36.4 Å². The predicted molar refractivity (Wildman–Crippen MR) is 89.3 cm³/mol. The van der Waals surface area contributed by atoms with Crippen LogP contribution < -0.4 is 5.32 Å². The molecule has 2 heterocycles. The summed E-state index contributed by atoms with van der Waals surface area (Å²) in [7, 11) is 0. The number of aromatic nitrogens is 2. The van der Waals surface area contributed by atoms with Crippen molar-refractivity contribution in [3.8, 4) is 11.3 Å². The maximum Gasteiger partial charge on any atom is 0.323 e. The van der Waals surface area contributed by atoms with Crippen molar-refractivity contribution in [1.82, 2.24) is 15.1 Å². The zero-order valence-corrected chi connectivity index (χ0v) is 13.5. The zero-order chi connectivity index (χ0) is 17.9. The van der Waals surface area contributed by atoms with Gasteiger partial charge in [0.1, 0.15) is 5.82 Å². The first-order valence-corrected chi connectivity index (χ1v) is 7.98. The van der Waals surface area contributed by atoms with Gasteiger partial charge in [-0.15, -0.1) is 10.2 Å². The van der Waals surface area contributed by atoms with E-state index in [-0.39, 0.29) is 18.5 Å². The van der Waals surface area contributed by atoms with E-state index < -0.39 is 11.4 Å². The fraction of sp³-hybridized carbons (Fsp3) is 0.353. The molecule has 0 bridgehead atoms. The van der Waals surface area contributed by atoms with Crippen molar-refractivity contribution in [2.75, 3.05) is 25.0 Å². The van der Waals surface area contributed by atoms with E-state index in [0.29, 0.717) is 37.2 Å². The molecule has 25 heavy (non-hydrogen) atoms. The fourth-order valence-electron chi connectivity index (χ4n) is 2.68. The van der Waals surface area contributed by atoms with Crippen molar-refractivity contribution in [1.29, 1.82) is 0 Å². The first kappa shape index (κ1) is 17.2. The summed E-state index contributed by atoms with van der Waals surface area (Å²) in [6, 6.07) is 9.04. The molecule has 0 unspecified atom stereocenters. The van der Waals surface area contributed by atoms with E-state index in [1.165, 1.54) is 11.0 Å². The highest BCUT2D eigenvalue weighted by atomic mass is 19.1. The van der Waals surface area contributed by atoms with Crippen molar-refractivity contribution in [3.05, 3.63) is 42.2 Å². The van der Waals surface area contributed by atoms with Gasteiger partial charge in [-0.2, -0.15) is 0 Å². The zero-order valence-electron chi connectivity index (χ0n) is 13.5. The smallest absolute Gasteiger partial charge is 0.323 e. The molecule has 0 radical (unpaired) electrons. The van der Waals surface area contributed by atoms with Crippen LogP contribution >= 0.6 is 0 Å². The number of hydrogen-bond acceptors (Lipinski definition) is 5. The Kier molecular flexibility index (Phi) is 4.91. The molecule has 1 fully saturated rings. The van der Waals surface area contributed by atoms with E-state index in [9.17, 15) is 14.3 Å². The number of benzene rings is 1. The maximum absolute atomic E-state index is 13.7.